The smallest absolute Gasteiger partial charge is 0.315 e. The summed E-state index contributed by atoms with van der Waals surface area (Å²) in [4.78, 5) is 33.0. The number of hydrogen-bond acceptors (Lipinski definition) is 3. The Balaban J connectivity index is 1.73. The molecule has 6 nitrogen and oxygen atoms in total. The van der Waals surface area contributed by atoms with E-state index in [4.69, 9.17) is 4.98 Å². The lowest BCUT2D eigenvalue weighted by Gasteiger charge is -2.29. The quantitative estimate of drug-likeness (QED) is 0.320. The van der Waals surface area contributed by atoms with Gasteiger partial charge < -0.3 is 10.2 Å². The Kier molecular flexibility index (Phi) is 7.33. The molecule has 0 saturated carbocycles. The van der Waals surface area contributed by atoms with Crippen LogP contribution in [0.5, 0.6) is 0 Å². The van der Waals surface area contributed by atoms with E-state index >= 15 is 0 Å². The van der Waals surface area contributed by atoms with Crippen molar-refractivity contribution in [2.24, 2.45) is 0 Å². The Labute approximate surface area is 212 Å². The second kappa shape index (κ2) is 10.5. The van der Waals surface area contributed by atoms with E-state index in [1.165, 1.54) is 21.6 Å². The third kappa shape index (κ3) is 5.35. The predicted octanol–water partition coefficient (Wildman–Crippen LogP) is 6.58. The third-order valence-electron chi connectivity index (χ3n) is 6.31. The fourth-order valence-electron chi connectivity index (χ4n) is 4.23. The van der Waals surface area contributed by atoms with Crippen molar-refractivity contribution in [3.05, 3.63) is 100 Å². The Morgan fingerprint density at radius 3 is 2.24 bits per heavy atom. The van der Waals surface area contributed by atoms with Gasteiger partial charge in [-0.2, -0.15) is 13.2 Å². The topological polar surface area (TPSA) is 67.2 Å². The molecule has 0 radical (unpaired) electrons. The first-order chi connectivity index (χ1) is 17.6. The highest BCUT2D eigenvalue weighted by molar-refractivity contribution is 5.89. The van der Waals surface area contributed by atoms with Crippen molar-refractivity contribution >= 4 is 22.6 Å². The first kappa shape index (κ1) is 25.9. The van der Waals surface area contributed by atoms with Gasteiger partial charge in [-0.15, -0.1) is 0 Å². The van der Waals surface area contributed by atoms with Crippen molar-refractivity contribution in [3.8, 4) is 5.69 Å². The SMILES string of the molecule is CCc1ccc(-n2c(C(C)N(CC)C(=O)Nc3ccc(C(F)(F)F)cc3)nc3ccccc3c2=O)cc1. The van der Waals surface area contributed by atoms with Crippen molar-refractivity contribution in [1.29, 1.82) is 0 Å². The molecule has 1 unspecified atom stereocenters. The van der Waals surface area contributed by atoms with Gasteiger partial charge in [0.2, 0.25) is 0 Å². The van der Waals surface area contributed by atoms with Gasteiger partial charge in [0.15, 0.2) is 0 Å². The normalized spacial score (nSPS) is 12.4. The minimum absolute atomic E-state index is 0.225. The van der Waals surface area contributed by atoms with Crippen LogP contribution < -0.4 is 10.9 Å². The fraction of sp³-hybridized carbons (Fsp3) is 0.250. The molecule has 0 aliphatic carbocycles. The van der Waals surface area contributed by atoms with Gasteiger partial charge >= 0.3 is 12.2 Å². The molecule has 0 aliphatic heterocycles. The van der Waals surface area contributed by atoms with E-state index in [-0.39, 0.29) is 17.8 Å². The molecule has 1 N–H and O–H groups in total. The van der Waals surface area contributed by atoms with Gasteiger partial charge in [0.05, 0.1) is 28.2 Å². The van der Waals surface area contributed by atoms with Gasteiger partial charge in [-0.25, -0.2) is 9.78 Å². The number of carbonyl (C=O) groups excluding carboxylic acids is 1. The molecular weight excluding hydrogens is 481 g/mol. The molecule has 0 bridgehead atoms. The Morgan fingerprint density at radius 1 is 1.00 bits per heavy atom. The van der Waals surface area contributed by atoms with Crippen LogP contribution in [0.25, 0.3) is 16.6 Å². The van der Waals surface area contributed by atoms with Crippen LogP contribution in [0.2, 0.25) is 0 Å². The Bertz CT molecular complexity index is 1460. The zero-order chi connectivity index (χ0) is 26.7. The highest BCUT2D eigenvalue weighted by atomic mass is 19.4. The van der Waals surface area contributed by atoms with Crippen molar-refractivity contribution < 1.29 is 18.0 Å². The molecule has 4 aromatic rings. The molecule has 0 aliphatic rings. The molecule has 9 heteroatoms. The monoisotopic (exact) mass is 508 g/mol. The van der Waals surface area contributed by atoms with Crippen LogP contribution >= 0.6 is 0 Å². The number of anilines is 1. The van der Waals surface area contributed by atoms with E-state index in [2.05, 4.69) is 5.32 Å². The molecule has 0 fully saturated rings. The number of benzene rings is 3. The van der Waals surface area contributed by atoms with Crippen LogP contribution in [0, 0.1) is 0 Å². The number of hydrogen-bond donors (Lipinski definition) is 1. The molecule has 2 amide bonds. The minimum atomic E-state index is -4.47. The molecule has 0 saturated heterocycles. The average Bonchev–Trinajstić information content (AvgIpc) is 2.89. The first-order valence-corrected chi connectivity index (χ1v) is 12.0. The minimum Gasteiger partial charge on any atom is -0.315 e. The summed E-state index contributed by atoms with van der Waals surface area (Å²) in [7, 11) is 0. The standard InChI is InChI=1S/C28H27F3N4O2/c1-4-19-10-16-22(17-11-19)35-25(33-24-9-7-6-8-23(24)26(35)36)18(3)34(5-2)27(37)32-21-14-12-20(13-15-21)28(29,30)31/h6-18H,4-5H2,1-3H3,(H,32,37). The van der Waals surface area contributed by atoms with Crippen LogP contribution in [0.3, 0.4) is 0 Å². The summed E-state index contributed by atoms with van der Waals surface area (Å²) in [5.41, 5.74) is 1.42. The molecule has 1 atom stereocenters. The van der Waals surface area contributed by atoms with Crippen LogP contribution in [-0.2, 0) is 12.6 Å². The molecule has 4 rings (SSSR count). The molecule has 3 aromatic carbocycles. The third-order valence-corrected chi connectivity index (χ3v) is 6.31. The Morgan fingerprint density at radius 2 is 1.65 bits per heavy atom. The van der Waals surface area contributed by atoms with Crippen molar-refractivity contribution in [1.82, 2.24) is 14.5 Å². The molecule has 1 heterocycles. The average molecular weight is 509 g/mol. The largest absolute Gasteiger partial charge is 0.416 e. The fourth-order valence-corrected chi connectivity index (χ4v) is 4.23. The zero-order valence-corrected chi connectivity index (χ0v) is 20.7. The maximum Gasteiger partial charge on any atom is 0.416 e. The molecule has 192 valence electrons. The van der Waals surface area contributed by atoms with Crippen molar-refractivity contribution in [2.45, 2.75) is 39.4 Å². The van der Waals surface area contributed by atoms with Crippen LogP contribution in [0.4, 0.5) is 23.7 Å². The second-order valence-electron chi connectivity index (χ2n) is 8.61. The number of nitrogens with one attached hydrogen (secondary N) is 1. The van der Waals surface area contributed by atoms with Gasteiger partial charge in [0, 0.05) is 12.2 Å². The number of rotatable bonds is 6. The number of amides is 2. The number of nitrogens with zero attached hydrogens (tertiary/aromatic N) is 3. The van der Waals surface area contributed by atoms with E-state index in [0.717, 1.165) is 24.1 Å². The van der Waals surface area contributed by atoms with Crippen LogP contribution in [0.1, 0.15) is 43.8 Å². The van der Waals surface area contributed by atoms with Crippen LogP contribution in [-0.4, -0.2) is 27.0 Å². The number of fused-ring (bicyclic) bond motifs is 1. The van der Waals surface area contributed by atoms with Gasteiger partial charge in [0.1, 0.15) is 5.82 Å². The predicted molar refractivity (Wildman–Crippen MR) is 138 cm³/mol. The van der Waals surface area contributed by atoms with Gasteiger partial charge in [-0.05, 0) is 74.4 Å². The maximum absolute atomic E-state index is 13.6. The number of carbonyl (C=O) groups is 1. The lowest BCUT2D eigenvalue weighted by atomic mass is 10.1. The van der Waals surface area contributed by atoms with E-state index < -0.39 is 23.8 Å². The molecule has 37 heavy (non-hydrogen) atoms. The summed E-state index contributed by atoms with van der Waals surface area (Å²) in [5, 5.41) is 3.11. The summed E-state index contributed by atoms with van der Waals surface area (Å²) in [6.07, 6.45) is -3.62. The summed E-state index contributed by atoms with van der Waals surface area (Å²) >= 11 is 0. The van der Waals surface area contributed by atoms with E-state index in [9.17, 15) is 22.8 Å². The number of halogens is 3. The van der Waals surface area contributed by atoms with Crippen molar-refractivity contribution in [3.63, 3.8) is 0 Å². The van der Waals surface area contributed by atoms with Gasteiger partial charge in [-0.3, -0.25) is 9.36 Å². The summed E-state index contributed by atoms with van der Waals surface area (Å²) in [6.45, 7) is 5.86. The zero-order valence-electron chi connectivity index (χ0n) is 20.7. The van der Waals surface area contributed by atoms with Gasteiger partial charge in [0.25, 0.3) is 5.56 Å². The number of alkyl halides is 3. The van der Waals surface area contributed by atoms with Gasteiger partial charge in [-0.1, -0.05) is 31.2 Å². The summed E-state index contributed by atoms with van der Waals surface area (Å²) < 4.78 is 40.2. The molecule has 0 spiro atoms. The molecular formula is C28H27F3N4O2. The highest BCUT2D eigenvalue weighted by Crippen LogP contribution is 2.30. The number of aromatic nitrogens is 2. The summed E-state index contributed by atoms with van der Waals surface area (Å²) in [6, 6.07) is 17.7. The number of aryl methyl sites for hydroxylation is 1. The van der Waals surface area contributed by atoms with E-state index in [1.54, 1.807) is 38.1 Å². The van der Waals surface area contributed by atoms with Crippen LogP contribution in [0.15, 0.2) is 77.6 Å². The number of para-hydroxylation sites is 1. The van der Waals surface area contributed by atoms with E-state index in [1.807, 2.05) is 31.2 Å². The second-order valence-corrected chi connectivity index (χ2v) is 8.61. The van der Waals surface area contributed by atoms with E-state index in [0.29, 0.717) is 22.4 Å². The lowest BCUT2D eigenvalue weighted by Crippen LogP contribution is -2.39. The first-order valence-electron chi connectivity index (χ1n) is 12.0. The maximum atomic E-state index is 13.6. The summed E-state index contributed by atoms with van der Waals surface area (Å²) in [5.74, 6) is 0.373. The number of urea groups is 1. The lowest BCUT2D eigenvalue weighted by molar-refractivity contribution is -0.137. The highest BCUT2D eigenvalue weighted by Gasteiger charge is 2.30. The van der Waals surface area contributed by atoms with Crippen molar-refractivity contribution in [2.75, 3.05) is 11.9 Å². The molecule has 1 aromatic heterocycles. The Hall–Kier alpha value is -4.14.